The highest BCUT2D eigenvalue weighted by molar-refractivity contribution is 5.60. The number of hydrogen-bond acceptors (Lipinski definition) is 2. The van der Waals surface area contributed by atoms with E-state index in [-0.39, 0.29) is 11.9 Å². The maximum atomic E-state index is 14.0. The molecule has 0 unspecified atom stereocenters. The number of rotatable bonds is 2. The zero-order chi connectivity index (χ0) is 15.1. The molecule has 0 bridgehead atoms. The summed E-state index contributed by atoms with van der Waals surface area (Å²) in [5.41, 5.74) is 2.70. The summed E-state index contributed by atoms with van der Waals surface area (Å²) < 4.78 is 29.3. The molecular weight excluding hydrogens is 284 g/mol. The first-order chi connectivity index (χ1) is 10.7. The first-order valence-corrected chi connectivity index (χ1v) is 7.30. The maximum absolute atomic E-state index is 14.0. The topological polar surface area (TPSA) is 20.5 Å². The molecule has 0 aliphatic carbocycles. The molecule has 1 fully saturated rings. The number of aromatic nitrogens is 2. The summed E-state index contributed by atoms with van der Waals surface area (Å²) in [4.78, 5) is 2.01. The van der Waals surface area contributed by atoms with Crippen LogP contribution in [0.4, 0.5) is 14.5 Å². The van der Waals surface area contributed by atoms with E-state index < -0.39 is 6.17 Å². The standard InChI is InChI=1S/C17H15F2N3/c18-13-3-1-2-12(8-13)17-9-14(19)11-21(17)15-5-7-22-16(10-15)4-6-20-22/h1-8,10,14,17H,9,11H2/t14-,17+/m0/s1. The minimum atomic E-state index is -0.908. The van der Waals surface area contributed by atoms with E-state index in [2.05, 4.69) is 5.10 Å². The number of anilines is 1. The lowest BCUT2D eigenvalue weighted by atomic mass is 10.0. The van der Waals surface area contributed by atoms with Crippen LogP contribution < -0.4 is 4.90 Å². The van der Waals surface area contributed by atoms with Crippen LogP contribution >= 0.6 is 0 Å². The molecule has 112 valence electrons. The Hall–Kier alpha value is -2.43. The van der Waals surface area contributed by atoms with Gasteiger partial charge in [0.25, 0.3) is 0 Å². The number of pyridine rings is 1. The fourth-order valence-electron chi connectivity index (χ4n) is 3.19. The van der Waals surface area contributed by atoms with Crippen LogP contribution in [-0.4, -0.2) is 22.3 Å². The lowest BCUT2D eigenvalue weighted by molar-refractivity contribution is 0.357. The predicted octanol–water partition coefficient (Wildman–Crippen LogP) is 3.76. The fourth-order valence-corrected chi connectivity index (χ4v) is 3.19. The normalized spacial score (nSPS) is 21.6. The number of benzene rings is 1. The van der Waals surface area contributed by atoms with Crippen LogP contribution in [0.3, 0.4) is 0 Å². The van der Waals surface area contributed by atoms with Crippen molar-refractivity contribution < 1.29 is 8.78 Å². The van der Waals surface area contributed by atoms with Crippen molar-refractivity contribution in [1.29, 1.82) is 0 Å². The van der Waals surface area contributed by atoms with Gasteiger partial charge in [0.1, 0.15) is 12.0 Å². The average molecular weight is 299 g/mol. The van der Waals surface area contributed by atoms with E-state index in [1.807, 2.05) is 35.4 Å². The lowest BCUT2D eigenvalue weighted by Crippen LogP contribution is -2.23. The van der Waals surface area contributed by atoms with Gasteiger partial charge in [-0.3, -0.25) is 0 Å². The minimum Gasteiger partial charge on any atom is -0.361 e. The van der Waals surface area contributed by atoms with E-state index in [4.69, 9.17) is 0 Å². The summed E-state index contributed by atoms with van der Waals surface area (Å²) in [6.45, 7) is 0.325. The largest absolute Gasteiger partial charge is 0.361 e. The molecule has 0 N–H and O–H groups in total. The Labute approximate surface area is 126 Å². The molecule has 22 heavy (non-hydrogen) atoms. The van der Waals surface area contributed by atoms with Gasteiger partial charge >= 0.3 is 0 Å². The van der Waals surface area contributed by atoms with Gasteiger partial charge in [0.05, 0.1) is 11.6 Å². The highest BCUT2D eigenvalue weighted by atomic mass is 19.1. The Balaban J connectivity index is 1.74. The first-order valence-electron chi connectivity index (χ1n) is 7.30. The van der Waals surface area contributed by atoms with Crippen molar-refractivity contribution in [3.63, 3.8) is 0 Å². The predicted molar refractivity (Wildman–Crippen MR) is 81.2 cm³/mol. The first kappa shape index (κ1) is 13.2. The fraction of sp³-hybridized carbons (Fsp3) is 0.235. The maximum Gasteiger partial charge on any atom is 0.123 e. The Morgan fingerprint density at radius 1 is 1.14 bits per heavy atom. The Kier molecular flexibility index (Phi) is 3.06. The van der Waals surface area contributed by atoms with Crippen molar-refractivity contribution in [3.05, 3.63) is 66.2 Å². The molecule has 0 saturated carbocycles. The molecular formula is C17H15F2N3. The zero-order valence-corrected chi connectivity index (χ0v) is 11.9. The van der Waals surface area contributed by atoms with E-state index in [0.29, 0.717) is 13.0 Å². The zero-order valence-electron chi connectivity index (χ0n) is 11.9. The van der Waals surface area contributed by atoms with Gasteiger partial charge in [0.2, 0.25) is 0 Å². The van der Waals surface area contributed by atoms with Gasteiger partial charge in [-0.05, 0) is 35.9 Å². The van der Waals surface area contributed by atoms with Crippen LogP contribution in [-0.2, 0) is 0 Å². The SMILES string of the molecule is Fc1cccc([C@H]2C[C@H](F)CN2c2ccn3nccc3c2)c1. The molecule has 2 atom stereocenters. The summed E-state index contributed by atoms with van der Waals surface area (Å²) in [5.74, 6) is -0.286. The minimum absolute atomic E-state index is 0.143. The number of hydrogen-bond donors (Lipinski definition) is 0. The smallest absolute Gasteiger partial charge is 0.123 e. The summed E-state index contributed by atoms with van der Waals surface area (Å²) in [6.07, 6.45) is 3.06. The lowest BCUT2D eigenvalue weighted by Gasteiger charge is -2.27. The molecule has 1 aromatic carbocycles. The molecule has 2 aromatic heterocycles. The van der Waals surface area contributed by atoms with E-state index in [1.54, 1.807) is 16.8 Å². The summed E-state index contributed by atoms with van der Waals surface area (Å²) in [5, 5.41) is 4.16. The molecule has 1 aliphatic rings. The second kappa shape index (κ2) is 5.09. The van der Waals surface area contributed by atoms with Gasteiger partial charge < -0.3 is 4.90 Å². The Bertz CT molecular complexity index is 814. The second-order valence-corrected chi connectivity index (χ2v) is 5.64. The molecule has 3 nitrogen and oxygen atoms in total. The van der Waals surface area contributed by atoms with Crippen LogP contribution in [0.1, 0.15) is 18.0 Å². The molecule has 1 saturated heterocycles. The molecule has 0 spiro atoms. The molecule has 1 aliphatic heterocycles. The number of fused-ring (bicyclic) bond motifs is 1. The van der Waals surface area contributed by atoms with Crippen molar-refractivity contribution in [3.8, 4) is 0 Å². The highest BCUT2D eigenvalue weighted by Gasteiger charge is 2.33. The van der Waals surface area contributed by atoms with Gasteiger partial charge in [-0.1, -0.05) is 12.1 Å². The van der Waals surface area contributed by atoms with Crippen molar-refractivity contribution >= 4 is 11.2 Å². The van der Waals surface area contributed by atoms with Crippen molar-refractivity contribution in [2.24, 2.45) is 0 Å². The van der Waals surface area contributed by atoms with Crippen LogP contribution in [0, 0.1) is 5.82 Å². The quantitative estimate of drug-likeness (QED) is 0.718. The number of alkyl halides is 1. The molecule has 5 heteroatoms. The van der Waals surface area contributed by atoms with Gasteiger partial charge in [-0.25, -0.2) is 13.3 Å². The van der Waals surface area contributed by atoms with E-state index >= 15 is 0 Å². The molecule has 3 heterocycles. The Morgan fingerprint density at radius 3 is 2.91 bits per heavy atom. The number of halogens is 2. The van der Waals surface area contributed by atoms with E-state index in [1.165, 1.54) is 12.1 Å². The van der Waals surface area contributed by atoms with Crippen LogP contribution in [0.15, 0.2) is 54.9 Å². The van der Waals surface area contributed by atoms with Crippen LogP contribution in [0.5, 0.6) is 0 Å². The van der Waals surface area contributed by atoms with Gasteiger partial charge in [-0.2, -0.15) is 5.10 Å². The van der Waals surface area contributed by atoms with Crippen LogP contribution in [0.25, 0.3) is 5.52 Å². The van der Waals surface area contributed by atoms with Gasteiger partial charge in [-0.15, -0.1) is 0 Å². The van der Waals surface area contributed by atoms with E-state index in [0.717, 1.165) is 16.8 Å². The third-order valence-corrected chi connectivity index (χ3v) is 4.20. The monoisotopic (exact) mass is 299 g/mol. The summed E-state index contributed by atoms with van der Waals surface area (Å²) in [7, 11) is 0. The van der Waals surface area contributed by atoms with E-state index in [9.17, 15) is 8.78 Å². The second-order valence-electron chi connectivity index (χ2n) is 5.64. The molecule has 0 radical (unpaired) electrons. The molecule has 0 amide bonds. The van der Waals surface area contributed by atoms with Crippen LogP contribution in [0.2, 0.25) is 0 Å². The third-order valence-electron chi connectivity index (χ3n) is 4.20. The van der Waals surface area contributed by atoms with Crippen molar-refractivity contribution in [2.45, 2.75) is 18.6 Å². The van der Waals surface area contributed by atoms with Gasteiger partial charge in [0.15, 0.2) is 0 Å². The third kappa shape index (κ3) is 2.22. The highest BCUT2D eigenvalue weighted by Crippen LogP contribution is 2.37. The number of nitrogens with zero attached hydrogens (tertiary/aromatic N) is 3. The molecule has 4 rings (SSSR count). The van der Waals surface area contributed by atoms with Crippen molar-refractivity contribution in [2.75, 3.05) is 11.4 Å². The summed E-state index contributed by atoms with van der Waals surface area (Å²) >= 11 is 0. The summed E-state index contributed by atoms with van der Waals surface area (Å²) in [6, 6.07) is 12.1. The van der Waals surface area contributed by atoms with Gasteiger partial charge in [0, 0.05) is 31.0 Å². The average Bonchev–Trinajstić information content (AvgIpc) is 3.12. The van der Waals surface area contributed by atoms with Crippen molar-refractivity contribution in [1.82, 2.24) is 9.61 Å². The molecule has 3 aromatic rings. The Morgan fingerprint density at radius 2 is 2.05 bits per heavy atom.